The molecule has 0 aliphatic rings. The average Bonchev–Trinajstić information content (AvgIpc) is 2.50. The lowest BCUT2D eigenvalue weighted by molar-refractivity contribution is 0.629. The summed E-state index contributed by atoms with van der Waals surface area (Å²) < 4.78 is 15.0. The lowest BCUT2D eigenvalue weighted by Crippen LogP contribution is -2.24. The lowest BCUT2D eigenvalue weighted by atomic mass is 10.2. The van der Waals surface area contributed by atoms with Crippen molar-refractivity contribution in [3.63, 3.8) is 0 Å². The molecule has 0 radical (unpaired) electrons. The Bertz CT molecular complexity index is 772. The molecule has 1 aromatic carbocycles. The zero-order chi connectivity index (χ0) is 15.4. The molecular weight excluding hydrogens is 267 g/mol. The Kier molecular flexibility index (Phi) is 4.68. The maximum Gasteiger partial charge on any atom is 0.266 e. The van der Waals surface area contributed by atoms with Crippen molar-refractivity contribution >= 4 is 16.6 Å². The van der Waals surface area contributed by atoms with Crippen LogP contribution in [0.15, 0.2) is 41.2 Å². The van der Waals surface area contributed by atoms with E-state index in [2.05, 4.69) is 4.98 Å². The van der Waals surface area contributed by atoms with Gasteiger partial charge in [0.1, 0.15) is 11.6 Å². The van der Waals surface area contributed by atoms with E-state index in [-0.39, 0.29) is 5.56 Å². The Morgan fingerprint density at radius 1 is 1.38 bits per heavy atom. The van der Waals surface area contributed by atoms with Gasteiger partial charge in [-0.1, -0.05) is 26.0 Å². The number of hydrogen-bond acceptors (Lipinski definition) is 2. The number of benzene rings is 1. The van der Waals surface area contributed by atoms with Gasteiger partial charge in [-0.25, -0.2) is 9.37 Å². The monoisotopic (exact) mass is 286 g/mol. The fourth-order valence-corrected chi connectivity index (χ4v) is 2.25. The highest BCUT2D eigenvalue weighted by Crippen LogP contribution is 2.15. The minimum absolute atomic E-state index is 0.231. The maximum atomic E-state index is 13.4. The second-order valence-electron chi connectivity index (χ2n) is 4.71. The molecule has 4 heteroatoms. The first-order chi connectivity index (χ1) is 10.1. The first kappa shape index (κ1) is 15.2. The van der Waals surface area contributed by atoms with Crippen LogP contribution in [-0.2, 0) is 6.42 Å². The van der Waals surface area contributed by atoms with Crippen molar-refractivity contribution in [2.24, 2.45) is 0 Å². The van der Waals surface area contributed by atoms with Gasteiger partial charge >= 0.3 is 0 Å². The highest BCUT2D eigenvalue weighted by atomic mass is 19.1. The van der Waals surface area contributed by atoms with Crippen molar-refractivity contribution in [3.05, 3.63) is 58.4 Å². The largest absolute Gasteiger partial charge is 0.268 e. The van der Waals surface area contributed by atoms with Crippen molar-refractivity contribution in [1.29, 1.82) is 0 Å². The van der Waals surface area contributed by atoms with Crippen LogP contribution in [0, 0.1) is 5.82 Å². The molecule has 0 saturated carbocycles. The van der Waals surface area contributed by atoms with E-state index in [9.17, 15) is 9.18 Å². The summed E-state index contributed by atoms with van der Waals surface area (Å²) in [6.07, 6.45) is 7.24. The molecule has 0 unspecified atom stereocenters. The quantitative estimate of drug-likeness (QED) is 0.798. The predicted molar refractivity (Wildman–Crippen MR) is 84.7 cm³/mol. The van der Waals surface area contributed by atoms with Crippen molar-refractivity contribution in [2.75, 3.05) is 0 Å². The van der Waals surface area contributed by atoms with Crippen LogP contribution in [0.3, 0.4) is 0 Å². The fourth-order valence-electron chi connectivity index (χ4n) is 2.25. The van der Waals surface area contributed by atoms with E-state index < -0.39 is 5.82 Å². The van der Waals surface area contributed by atoms with Crippen LogP contribution in [0.4, 0.5) is 4.39 Å². The molecule has 0 amide bonds. The first-order valence-electron chi connectivity index (χ1n) is 7.16. The summed E-state index contributed by atoms with van der Waals surface area (Å²) in [5.41, 5.74) is 1.06. The van der Waals surface area contributed by atoms with Gasteiger partial charge in [-0.15, -0.1) is 0 Å². The summed E-state index contributed by atoms with van der Waals surface area (Å²) >= 11 is 0. The number of aromatic nitrogens is 2. The van der Waals surface area contributed by atoms with Gasteiger partial charge < -0.3 is 0 Å². The second-order valence-corrected chi connectivity index (χ2v) is 4.71. The molecule has 0 spiro atoms. The van der Waals surface area contributed by atoms with Crippen molar-refractivity contribution in [2.45, 2.75) is 33.6 Å². The molecule has 1 aromatic heterocycles. The van der Waals surface area contributed by atoms with Crippen LogP contribution < -0.4 is 5.56 Å². The minimum atomic E-state index is -0.427. The van der Waals surface area contributed by atoms with Crippen LogP contribution in [0.25, 0.3) is 16.6 Å². The number of rotatable bonds is 4. The van der Waals surface area contributed by atoms with Gasteiger partial charge in [-0.3, -0.25) is 9.36 Å². The van der Waals surface area contributed by atoms with Gasteiger partial charge in [-0.2, -0.15) is 0 Å². The average molecular weight is 286 g/mol. The number of aryl methyl sites for hydroxylation is 1. The molecule has 0 fully saturated rings. The smallest absolute Gasteiger partial charge is 0.266 e. The molecule has 0 bridgehead atoms. The van der Waals surface area contributed by atoms with E-state index in [1.165, 1.54) is 12.1 Å². The summed E-state index contributed by atoms with van der Waals surface area (Å²) in [6.45, 7) is 5.85. The van der Waals surface area contributed by atoms with Gasteiger partial charge in [0.25, 0.3) is 5.56 Å². The Labute approximate surface area is 123 Å². The summed E-state index contributed by atoms with van der Waals surface area (Å²) in [5.74, 6) is 0.247. The molecule has 0 saturated heterocycles. The van der Waals surface area contributed by atoms with E-state index in [1.807, 2.05) is 39.0 Å². The molecular formula is C17H19FN2O. The Morgan fingerprint density at radius 3 is 2.76 bits per heavy atom. The summed E-state index contributed by atoms with van der Waals surface area (Å²) in [5, 5.41) is 0.302. The van der Waals surface area contributed by atoms with E-state index >= 15 is 0 Å². The third-order valence-electron chi connectivity index (χ3n) is 3.29. The molecule has 1 heterocycles. The molecule has 0 atom stereocenters. The molecule has 21 heavy (non-hydrogen) atoms. The molecule has 0 aliphatic carbocycles. The summed E-state index contributed by atoms with van der Waals surface area (Å²) in [6, 6.07) is 4.12. The first-order valence-corrected chi connectivity index (χ1v) is 7.16. The normalized spacial score (nSPS) is 12.5. The van der Waals surface area contributed by atoms with Crippen LogP contribution >= 0.6 is 0 Å². The van der Waals surface area contributed by atoms with Crippen molar-refractivity contribution in [1.82, 2.24) is 9.55 Å². The molecule has 2 aromatic rings. The van der Waals surface area contributed by atoms with Crippen LogP contribution in [0.5, 0.6) is 0 Å². The SMILES string of the molecule is C/C=C(\C=C/CC)n1c(CC)nc2ccc(F)cc2c1=O. The topological polar surface area (TPSA) is 34.9 Å². The molecule has 110 valence electrons. The zero-order valence-corrected chi connectivity index (χ0v) is 12.6. The van der Waals surface area contributed by atoms with Gasteiger partial charge in [-0.05, 0) is 37.6 Å². The Hall–Kier alpha value is -2.23. The third kappa shape index (κ3) is 2.94. The molecule has 2 rings (SSSR count). The standard InChI is InChI=1S/C17H19FN2O/c1-4-7-8-13(5-2)20-16(6-3)19-15-10-9-12(18)11-14(15)17(20)21/h5,7-11H,4,6H2,1-3H3/b8-7-,13-5+. The van der Waals surface area contributed by atoms with Crippen LogP contribution in [-0.4, -0.2) is 9.55 Å². The van der Waals surface area contributed by atoms with E-state index in [0.717, 1.165) is 12.1 Å². The Morgan fingerprint density at radius 2 is 2.14 bits per heavy atom. The van der Waals surface area contributed by atoms with E-state index in [4.69, 9.17) is 0 Å². The van der Waals surface area contributed by atoms with E-state index in [1.54, 1.807) is 10.6 Å². The number of allylic oxidation sites excluding steroid dienone is 4. The van der Waals surface area contributed by atoms with Gasteiger partial charge in [0, 0.05) is 12.1 Å². The van der Waals surface area contributed by atoms with Gasteiger partial charge in [0.2, 0.25) is 0 Å². The summed E-state index contributed by atoms with van der Waals surface area (Å²) in [4.78, 5) is 17.2. The number of hydrogen-bond donors (Lipinski definition) is 0. The van der Waals surface area contributed by atoms with Crippen molar-refractivity contribution in [3.8, 4) is 0 Å². The highest BCUT2D eigenvalue weighted by molar-refractivity contribution is 5.79. The zero-order valence-electron chi connectivity index (χ0n) is 12.6. The molecule has 3 nitrogen and oxygen atoms in total. The van der Waals surface area contributed by atoms with E-state index in [0.29, 0.717) is 23.1 Å². The third-order valence-corrected chi connectivity index (χ3v) is 3.29. The number of nitrogens with zero attached hydrogens (tertiary/aromatic N) is 2. The van der Waals surface area contributed by atoms with Crippen LogP contribution in [0.1, 0.15) is 33.0 Å². The molecule has 0 aliphatic heterocycles. The summed E-state index contributed by atoms with van der Waals surface area (Å²) in [7, 11) is 0. The Balaban J connectivity index is 2.80. The predicted octanol–water partition coefficient (Wildman–Crippen LogP) is 3.93. The van der Waals surface area contributed by atoms with Crippen LogP contribution in [0.2, 0.25) is 0 Å². The highest BCUT2D eigenvalue weighted by Gasteiger charge is 2.12. The van der Waals surface area contributed by atoms with Gasteiger partial charge in [0.05, 0.1) is 10.9 Å². The van der Waals surface area contributed by atoms with Crippen molar-refractivity contribution < 1.29 is 4.39 Å². The number of halogens is 1. The lowest BCUT2D eigenvalue weighted by Gasteiger charge is -2.13. The molecule has 0 N–H and O–H groups in total. The van der Waals surface area contributed by atoms with Gasteiger partial charge in [0.15, 0.2) is 0 Å². The maximum absolute atomic E-state index is 13.4. The minimum Gasteiger partial charge on any atom is -0.268 e. The second kappa shape index (κ2) is 6.48. The fraction of sp³-hybridized carbons (Fsp3) is 0.294. The number of fused-ring (bicyclic) bond motifs is 1.